The summed E-state index contributed by atoms with van der Waals surface area (Å²) in [6.45, 7) is 4.81. The van der Waals surface area contributed by atoms with Gasteiger partial charge in [0.05, 0.1) is 17.3 Å². The fourth-order valence-corrected chi connectivity index (χ4v) is 3.84. The van der Waals surface area contributed by atoms with Gasteiger partial charge in [0.2, 0.25) is 0 Å². The quantitative estimate of drug-likeness (QED) is 0.644. The number of halogens is 1. The number of hydrogen-bond acceptors (Lipinski definition) is 3. The lowest BCUT2D eigenvalue weighted by molar-refractivity contribution is 0.0589. The molecule has 2 heterocycles. The molecule has 5 heteroatoms. The highest BCUT2D eigenvalue weighted by atomic mass is 35.5. The first kappa shape index (κ1) is 15.1. The van der Waals surface area contributed by atoms with E-state index < -0.39 is 0 Å². The number of ether oxygens (including phenoxy) is 1. The first-order valence-corrected chi connectivity index (χ1v) is 8.12. The monoisotopic (exact) mass is 333 g/mol. The summed E-state index contributed by atoms with van der Waals surface area (Å²) in [5.41, 5.74) is 4.00. The number of carbonyl (C=O) groups excluding carboxylic acids is 1. The van der Waals surface area contributed by atoms with Gasteiger partial charge in [-0.3, -0.25) is 0 Å². The molecule has 3 aromatic rings. The molecule has 2 aromatic heterocycles. The van der Waals surface area contributed by atoms with Gasteiger partial charge in [0.25, 0.3) is 0 Å². The predicted octanol–water partition coefficient (Wildman–Crippen LogP) is 4.81. The van der Waals surface area contributed by atoms with Crippen LogP contribution in [0.25, 0.3) is 10.2 Å². The van der Waals surface area contributed by atoms with E-state index in [2.05, 4.69) is 13.8 Å². The fraction of sp³-hybridized carbons (Fsp3) is 0.235. The number of esters is 1. The summed E-state index contributed by atoms with van der Waals surface area (Å²) in [5, 5.41) is 0.706. The van der Waals surface area contributed by atoms with Crippen molar-refractivity contribution in [2.45, 2.75) is 20.4 Å². The van der Waals surface area contributed by atoms with Crippen molar-refractivity contribution in [1.29, 1.82) is 0 Å². The van der Waals surface area contributed by atoms with E-state index in [0.717, 1.165) is 15.8 Å². The maximum Gasteiger partial charge on any atom is 0.354 e. The molecule has 3 nitrogen and oxygen atoms in total. The number of aromatic nitrogens is 1. The standard InChI is InChI=1S/C17H16ClNO2S/c1-10-11(2)22-15-8-14(17(20)21-3)19(16(10)15)9-12-4-6-13(18)7-5-12/h4-8H,9H2,1-3H3. The maximum atomic E-state index is 12.1. The SMILES string of the molecule is COC(=O)c1cc2sc(C)c(C)c2n1Cc1ccc(Cl)cc1. The molecule has 22 heavy (non-hydrogen) atoms. The van der Waals surface area contributed by atoms with E-state index in [0.29, 0.717) is 17.3 Å². The minimum absolute atomic E-state index is 0.311. The molecule has 0 fully saturated rings. The zero-order chi connectivity index (χ0) is 15.9. The number of rotatable bonds is 3. The Balaban J connectivity index is 2.15. The molecular formula is C17H16ClNO2S. The highest BCUT2D eigenvalue weighted by Gasteiger charge is 2.20. The van der Waals surface area contributed by atoms with Crippen LogP contribution in [-0.4, -0.2) is 17.6 Å². The van der Waals surface area contributed by atoms with Crippen LogP contribution in [0.5, 0.6) is 0 Å². The van der Waals surface area contributed by atoms with Gasteiger partial charge in [-0.25, -0.2) is 4.79 Å². The second-order valence-corrected chi connectivity index (χ2v) is 6.92. The molecule has 0 saturated carbocycles. The smallest absolute Gasteiger partial charge is 0.354 e. The van der Waals surface area contributed by atoms with Crippen molar-refractivity contribution in [2.75, 3.05) is 7.11 Å². The van der Waals surface area contributed by atoms with Crippen molar-refractivity contribution in [3.63, 3.8) is 0 Å². The normalized spacial score (nSPS) is 11.1. The van der Waals surface area contributed by atoms with Gasteiger partial charge in [0.1, 0.15) is 5.69 Å². The van der Waals surface area contributed by atoms with Crippen molar-refractivity contribution in [3.05, 3.63) is 57.1 Å². The van der Waals surface area contributed by atoms with Gasteiger partial charge in [-0.15, -0.1) is 11.3 Å². The van der Waals surface area contributed by atoms with Crippen molar-refractivity contribution in [2.24, 2.45) is 0 Å². The number of benzene rings is 1. The number of hydrogen-bond donors (Lipinski definition) is 0. The van der Waals surface area contributed by atoms with Crippen molar-refractivity contribution in [3.8, 4) is 0 Å². The molecule has 0 amide bonds. The fourth-order valence-electron chi connectivity index (χ4n) is 2.61. The molecule has 0 radical (unpaired) electrons. The molecule has 0 N–H and O–H groups in total. The third kappa shape index (κ3) is 2.53. The molecular weight excluding hydrogens is 318 g/mol. The molecule has 0 unspecified atom stereocenters. The van der Waals surface area contributed by atoms with E-state index in [-0.39, 0.29) is 5.97 Å². The Morgan fingerprint density at radius 3 is 2.59 bits per heavy atom. The molecule has 0 atom stereocenters. The Hall–Kier alpha value is -1.78. The second kappa shape index (κ2) is 5.78. The van der Waals surface area contributed by atoms with Gasteiger partial charge >= 0.3 is 5.97 Å². The molecule has 1 aromatic carbocycles. The van der Waals surface area contributed by atoms with E-state index in [4.69, 9.17) is 16.3 Å². The second-order valence-electron chi connectivity index (χ2n) is 5.23. The first-order valence-electron chi connectivity index (χ1n) is 6.93. The van der Waals surface area contributed by atoms with E-state index in [1.165, 1.54) is 17.6 Å². The highest BCUT2D eigenvalue weighted by Crippen LogP contribution is 2.33. The summed E-state index contributed by atoms with van der Waals surface area (Å²) in [4.78, 5) is 13.4. The molecule has 3 rings (SSSR count). The molecule has 0 bridgehead atoms. The minimum Gasteiger partial charge on any atom is -0.464 e. The molecule has 0 aliphatic heterocycles. The average molecular weight is 334 g/mol. The van der Waals surface area contributed by atoms with Gasteiger partial charge in [0.15, 0.2) is 0 Å². The van der Waals surface area contributed by atoms with Crippen molar-refractivity contribution >= 4 is 39.1 Å². The van der Waals surface area contributed by atoms with Crippen LogP contribution in [0, 0.1) is 13.8 Å². The zero-order valence-corrected chi connectivity index (χ0v) is 14.2. The summed E-state index contributed by atoms with van der Waals surface area (Å²) in [5.74, 6) is -0.311. The van der Waals surface area contributed by atoms with Crippen LogP contribution in [0.2, 0.25) is 5.02 Å². The summed E-state index contributed by atoms with van der Waals surface area (Å²) in [6, 6.07) is 9.59. The first-order chi connectivity index (χ1) is 10.5. The Morgan fingerprint density at radius 1 is 1.27 bits per heavy atom. The van der Waals surface area contributed by atoms with Crippen LogP contribution in [0.15, 0.2) is 30.3 Å². The zero-order valence-electron chi connectivity index (χ0n) is 12.6. The lowest BCUT2D eigenvalue weighted by Crippen LogP contribution is -2.11. The number of nitrogens with zero attached hydrogens (tertiary/aromatic N) is 1. The number of thiophene rings is 1. The van der Waals surface area contributed by atoms with E-state index >= 15 is 0 Å². The summed E-state index contributed by atoms with van der Waals surface area (Å²) >= 11 is 7.65. The van der Waals surface area contributed by atoms with E-state index in [1.807, 2.05) is 34.9 Å². The topological polar surface area (TPSA) is 31.2 Å². The Labute approximate surface area is 138 Å². The lowest BCUT2D eigenvalue weighted by atomic mass is 10.2. The number of methoxy groups -OCH3 is 1. The third-order valence-electron chi connectivity index (χ3n) is 3.86. The number of carbonyl (C=O) groups is 1. The molecule has 114 valence electrons. The van der Waals surface area contributed by atoms with Crippen LogP contribution in [0.4, 0.5) is 0 Å². The van der Waals surface area contributed by atoms with Crippen LogP contribution >= 0.6 is 22.9 Å². The Bertz CT molecular complexity index is 846. The average Bonchev–Trinajstić information content (AvgIpc) is 2.99. The van der Waals surface area contributed by atoms with Gasteiger partial charge in [-0.1, -0.05) is 23.7 Å². The van der Waals surface area contributed by atoms with Crippen molar-refractivity contribution < 1.29 is 9.53 Å². The Morgan fingerprint density at radius 2 is 1.95 bits per heavy atom. The molecule has 0 spiro atoms. The highest BCUT2D eigenvalue weighted by molar-refractivity contribution is 7.19. The Kier molecular flexibility index (Phi) is 3.98. The van der Waals surface area contributed by atoms with E-state index in [9.17, 15) is 4.79 Å². The predicted molar refractivity (Wildman–Crippen MR) is 91.2 cm³/mol. The van der Waals surface area contributed by atoms with Crippen molar-refractivity contribution in [1.82, 2.24) is 4.57 Å². The molecule has 0 saturated heterocycles. The number of aryl methyl sites for hydroxylation is 2. The molecule has 0 aliphatic rings. The van der Waals surface area contributed by atoms with Crippen LogP contribution in [0.3, 0.4) is 0 Å². The third-order valence-corrected chi connectivity index (χ3v) is 5.25. The van der Waals surface area contributed by atoms with Gasteiger partial charge in [0, 0.05) is 16.4 Å². The summed E-state index contributed by atoms with van der Waals surface area (Å²) in [7, 11) is 1.41. The molecule has 0 aliphatic carbocycles. The van der Waals surface area contributed by atoms with Crippen LogP contribution in [-0.2, 0) is 11.3 Å². The van der Waals surface area contributed by atoms with Gasteiger partial charge in [-0.2, -0.15) is 0 Å². The van der Waals surface area contributed by atoms with Crippen LogP contribution in [0.1, 0.15) is 26.5 Å². The summed E-state index contributed by atoms with van der Waals surface area (Å²) < 4.78 is 8.07. The van der Waals surface area contributed by atoms with Gasteiger partial charge < -0.3 is 9.30 Å². The lowest BCUT2D eigenvalue weighted by Gasteiger charge is -2.10. The largest absolute Gasteiger partial charge is 0.464 e. The maximum absolute atomic E-state index is 12.1. The van der Waals surface area contributed by atoms with Gasteiger partial charge in [-0.05, 0) is 43.2 Å². The van der Waals surface area contributed by atoms with E-state index in [1.54, 1.807) is 11.3 Å². The summed E-state index contributed by atoms with van der Waals surface area (Å²) in [6.07, 6.45) is 0. The minimum atomic E-state index is -0.311. The number of fused-ring (bicyclic) bond motifs is 1. The van der Waals surface area contributed by atoms with Crippen LogP contribution < -0.4 is 0 Å².